The fourth-order valence-corrected chi connectivity index (χ4v) is 3.57. The molecule has 0 amide bonds. The second kappa shape index (κ2) is 5.74. The molecule has 1 saturated heterocycles. The third-order valence-corrected chi connectivity index (χ3v) is 4.71. The van der Waals surface area contributed by atoms with Crippen molar-refractivity contribution >= 4 is 5.82 Å². The van der Waals surface area contributed by atoms with Crippen LogP contribution in [-0.2, 0) is 6.42 Å². The molecule has 0 radical (unpaired) electrons. The number of anilines is 1. The lowest BCUT2D eigenvalue weighted by Gasteiger charge is -2.39. The van der Waals surface area contributed by atoms with Crippen LogP contribution in [0.1, 0.15) is 26.3 Å². The topological polar surface area (TPSA) is 50.3 Å². The quantitative estimate of drug-likeness (QED) is 0.920. The number of nitrogens with one attached hydrogen (secondary N) is 1. The molecule has 2 aliphatic rings. The van der Waals surface area contributed by atoms with Gasteiger partial charge in [-0.3, -0.25) is 4.98 Å². The van der Waals surface area contributed by atoms with Crippen LogP contribution in [0.15, 0.2) is 30.6 Å². The van der Waals surface area contributed by atoms with Crippen LogP contribution in [-0.4, -0.2) is 41.2 Å². The van der Waals surface area contributed by atoms with E-state index in [1.165, 1.54) is 5.56 Å². The van der Waals surface area contributed by atoms with Crippen molar-refractivity contribution in [3.05, 3.63) is 36.2 Å². The number of hydrogen-bond donors (Lipinski definition) is 1. The van der Waals surface area contributed by atoms with E-state index < -0.39 is 0 Å². The molecule has 0 bridgehead atoms. The molecule has 5 nitrogen and oxygen atoms in total. The lowest BCUT2D eigenvalue weighted by molar-refractivity contribution is 0.254. The van der Waals surface area contributed by atoms with Crippen LogP contribution in [0.4, 0.5) is 5.82 Å². The smallest absolute Gasteiger partial charge is 0.147 e. The third kappa shape index (κ3) is 2.96. The molecule has 1 aromatic carbocycles. The molecule has 3 heterocycles. The van der Waals surface area contributed by atoms with E-state index in [1.54, 1.807) is 0 Å². The highest BCUT2D eigenvalue weighted by molar-refractivity contribution is 5.63. The minimum atomic E-state index is 0.0942. The van der Waals surface area contributed by atoms with Crippen molar-refractivity contribution in [2.24, 2.45) is 0 Å². The highest BCUT2D eigenvalue weighted by Crippen LogP contribution is 2.32. The second-order valence-corrected chi connectivity index (χ2v) is 7.45. The van der Waals surface area contributed by atoms with Gasteiger partial charge in [0.05, 0.1) is 18.1 Å². The molecular formula is C19H24N4O. The van der Waals surface area contributed by atoms with Crippen LogP contribution in [0.3, 0.4) is 0 Å². The van der Waals surface area contributed by atoms with Crippen LogP contribution in [0, 0.1) is 0 Å². The summed E-state index contributed by atoms with van der Waals surface area (Å²) in [5.41, 5.74) is 3.38. The summed E-state index contributed by atoms with van der Waals surface area (Å²) >= 11 is 0. The predicted molar refractivity (Wildman–Crippen MR) is 95.6 cm³/mol. The number of aromatic nitrogens is 2. The van der Waals surface area contributed by atoms with Gasteiger partial charge in [0, 0.05) is 37.2 Å². The number of nitrogens with zero attached hydrogens (tertiary/aromatic N) is 3. The number of rotatable bonds is 2. The van der Waals surface area contributed by atoms with Gasteiger partial charge in [-0.15, -0.1) is 0 Å². The van der Waals surface area contributed by atoms with E-state index >= 15 is 0 Å². The Morgan fingerprint density at radius 2 is 2.17 bits per heavy atom. The van der Waals surface area contributed by atoms with Crippen molar-refractivity contribution in [2.75, 3.05) is 24.5 Å². The van der Waals surface area contributed by atoms with Crippen molar-refractivity contribution in [1.29, 1.82) is 0 Å². The molecule has 5 heteroatoms. The SMILES string of the molecule is CC1Cc2cc(-c3cncc(N4CCNC(C)(C)C4)n3)ccc2O1. The first-order valence-corrected chi connectivity index (χ1v) is 8.62. The van der Waals surface area contributed by atoms with Crippen molar-refractivity contribution in [3.63, 3.8) is 0 Å². The average molecular weight is 324 g/mol. The molecule has 0 spiro atoms. The Bertz CT molecular complexity index is 759. The maximum atomic E-state index is 5.79. The normalized spacial score (nSPS) is 22.1. The van der Waals surface area contributed by atoms with E-state index in [4.69, 9.17) is 9.72 Å². The number of piperazine rings is 1. The molecule has 1 aromatic heterocycles. The van der Waals surface area contributed by atoms with Crippen LogP contribution in [0.25, 0.3) is 11.3 Å². The Morgan fingerprint density at radius 1 is 1.29 bits per heavy atom. The van der Waals surface area contributed by atoms with Crippen molar-refractivity contribution in [2.45, 2.75) is 38.8 Å². The highest BCUT2D eigenvalue weighted by atomic mass is 16.5. The third-order valence-electron chi connectivity index (χ3n) is 4.71. The summed E-state index contributed by atoms with van der Waals surface area (Å²) in [6.45, 7) is 9.40. The standard InChI is InChI=1S/C19H24N4O/c1-13-8-15-9-14(4-5-17(15)24-13)16-10-20-11-18(22-16)23-7-6-21-19(2,3)12-23/h4-5,9-11,13,21H,6-8,12H2,1-3H3. The Morgan fingerprint density at radius 3 is 3.00 bits per heavy atom. The Hall–Kier alpha value is -2.14. The van der Waals surface area contributed by atoms with Gasteiger partial charge >= 0.3 is 0 Å². The highest BCUT2D eigenvalue weighted by Gasteiger charge is 2.27. The number of hydrogen-bond acceptors (Lipinski definition) is 5. The first kappa shape index (κ1) is 15.4. The first-order chi connectivity index (χ1) is 11.5. The van der Waals surface area contributed by atoms with E-state index in [0.717, 1.165) is 48.9 Å². The van der Waals surface area contributed by atoms with Gasteiger partial charge in [-0.05, 0) is 44.5 Å². The molecule has 1 unspecified atom stereocenters. The largest absolute Gasteiger partial charge is 0.490 e. The van der Waals surface area contributed by atoms with Crippen LogP contribution < -0.4 is 15.0 Å². The first-order valence-electron chi connectivity index (χ1n) is 8.62. The summed E-state index contributed by atoms with van der Waals surface area (Å²) in [6.07, 6.45) is 4.93. The monoisotopic (exact) mass is 324 g/mol. The minimum absolute atomic E-state index is 0.0942. The fraction of sp³-hybridized carbons (Fsp3) is 0.474. The Kier molecular flexibility index (Phi) is 3.68. The van der Waals surface area contributed by atoms with Gasteiger partial charge in [-0.1, -0.05) is 0 Å². The van der Waals surface area contributed by atoms with Crippen molar-refractivity contribution < 1.29 is 4.74 Å². The lowest BCUT2D eigenvalue weighted by atomic mass is 10.0. The molecule has 126 valence electrons. The van der Waals surface area contributed by atoms with Gasteiger partial charge in [-0.25, -0.2) is 4.98 Å². The maximum Gasteiger partial charge on any atom is 0.147 e. The van der Waals surface area contributed by atoms with E-state index in [1.807, 2.05) is 12.4 Å². The van der Waals surface area contributed by atoms with Gasteiger partial charge in [-0.2, -0.15) is 0 Å². The Balaban J connectivity index is 1.63. The molecule has 4 rings (SSSR count). The van der Waals surface area contributed by atoms with E-state index in [-0.39, 0.29) is 11.6 Å². The summed E-state index contributed by atoms with van der Waals surface area (Å²) in [4.78, 5) is 11.6. The predicted octanol–water partition coefficient (Wildman–Crippen LogP) is 2.66. The molecule has 2 aromatic rings. The van der Waals surface area contributed by atoms with Gasteiger partial charge < -0.3 is 15.0 Å². The maximum absolute atomic E-state index is 5.79. The Labute approximate surface area is 143 Å². The summed E-state index contributed by atoms with van der Waals surface area (Å²) in [7, 11) is 0. The molecule has 24 heavy (non-hydrogen) atoms. The van der Waals surface area contributed by atoms with E-state index in [9.17, 15) is 0 Å². The number of fused-ring (bicyclic) bond motifs is 1. The zero-order valence-electron chi connectivity index (χ0n) is 14.5. The molecule has 2 aliphatic heterocycles. The fourth-order valence-electron chi connectivity index (χ4n) is 3.57. The molecule has 0 saturated carbocycles. The van der Waals surface area contributed by atoms with E-state index in [2.05, 4.69) is 54.2 Å². The van der Waals surface area contributed by atoms with Crippen LogP contribution in [0.2, 0.25) is 0 Å². The van der Waals surface area contributed by atoms with Crippen molar-refractivity contribution in [1.82, 2.24) is 15.3 Å². The molecule has 1 N–H and O–H groups in total. The van der Waals surface area contributed by atoms with Gasteiger partial charge in [0.15, 0.2) is 0 Å². The minimum Gasteiger partial charge on any atom is -0.490 e. The number of benzene rings is 1. The summed E-state index contributed by atoms with van der Waals surface area (Å²) in [5.74, 6) is 1.95. The zero-order chi connectivity index (χ0) is 16.7. The summed E-state index contributed by atoms with van der Waals surface area (Å²) in [6, 6.07) is 6.32. The summed E-state index contributed by atoms with van der Waals surface area (Å²) < 4.78 is 5.79. The van der Waals surface area contributed by atoms with Gasteiger partial charge in [0.25, 0.3) is 0 Å². The molecule has 0 aliphatic carbocycles. The van der Waals surface area contributed by atoms with Gasteiger partial charge in [0.2, 0.25) is 0 Å². The van der Waals surface area contributed by atoms with Crippen LogP contribution in [0.5, 0.6) is 5.75 Å². The van der Waals surface area contributed by atoms with Crippen molar-refractivity contribution in [3.8, 4) is 17.0 Å². The van der Waals surface area contributed by atoms with Gasteiger partial charge in [0.1, 0.15) is 17.7 Å². The summed E-state index contributed by atoms with van der Waals surface area (Å²) in [5, 5.41) is 3.53. The molecule has 1 fully saturated rings. The zero-order valence-corrected chi connectivity index (χ0v) is 14.5. The molecule has 1 atom stereocenters. The number of ether oxygens (including phenoxy) is 1. The average Bonchev–Trinajstić information content (AvgIpc) is 2.93. The lowest BCUT2D eigenvalue weighted by Crippen LogP contribution is -2.57. The second-order valence-electron chi connectivity index (χ2n) is 7.45. The van der Waals surface area contributed by atoms with Crippen LogP contribution >= 0.6 is 0 Å². The van der Waals surface area contributed by atoms with E-state index in [0.29, 0.717) is 0 Å². The molecular weight excluding hydrogens is 300 g/mol.